The van der Waals surface area contributed by atoms with Crippen molar-refractivity contribution in [3.05, 3.63) is 79.3 Å². The van der Waals surface area contributed by atoms with Crippen LogP contribution in [0.15, 0.2) is 47.4 Å². The van der Waals surface area contributed by atoms with Gasteiger partial charge >= 0.3 is 5.97 Å². The minimum absolute atomic E-state index is 0.132. The van der Waals surface area contributed by atoms with Crippen molar-refractivity contribution in [3.63, 3.8) is 0 Å². The molecule has 3 rings (SSSR count). The fraction of sp³-hybridized carbons (Fsp3) is 0.100. The van der Waals surface area contributed by atoms with Crippen molar-refractivity contribution in [2.45, 2.75) is 13.5 Å². The number of halogens is 4. The Balaban J connectivity index is 2.24. The fourth-order valence-corrected chi connectivity index (χ4v) is 3.25. The summed E-state index contributed by atoms with van der Waals surface area (Å²) in [6.07, 6.45) is 1.32. The zero-order chi connectivity index (χ0) is 21.3. The first-order valence-corrected chi connectivity index (χ1v) is 9.45. The predicted octanol–water partition coefficient (Wildman–Crippen LogP) is 6.13. The number of pyridine rings is 1. The van der Waals surface area contributed by atoms with Crippen LogP contribution in [0, 0.1) is 5.82 Å². The minimum atomic E-state index is -1.46. The average Bonchev–Trinajstić information content (AvgIpc) is 2.66. The molecule has 5 nitrogen and oxygen atoms in total. The summed E-state index contributed by atoms with van der Waals surface area (Å²) in [5.41, 5.74) is -0.915. The number of aryl methyl sites for hydroxylation is 1. The van der Waals surface area contributed by atoms with Gasteiger partial charge in [0.15, 0.2) is 17.3 Å². The van der Waals surface area contributed by atoms with E-state index in [-0.39, 0.29) is 32.3 Å². The maximum atomic E-state index is 14.1. The molecule has 0 radical (unpaired) electrons. The lowest BCUT2D eigenvalue weighted by Gasteiger charge is -2.17. The van der Waals surface area contributed by atoms with Crippen LogP contribution in [0.4, 0.5) is 4.39 Å². The molecular weight excluding hydrogens is 444 g/mol. The van der Waals surface area contributed by atoms with Gasteiger partial charge in [0.1, 0.15) is 5.56 Å². The smallest absolute Gasteiger partial charge is 0.342 e. The number of carboxylic acids is 1. The summed E-state index contributed by atoms with van der Waals surface area (Å²) < 4.78 is 21.0. The number of aromatic carboxylic acids is 1. The number of ether oxygens (including phenoxy) is 1. The van der Waals surface area contributed by atoms with E-state index in [0.717, 1.165) is 6.07 Å². The molecule has 1 N–H and O–H groups in total. The molecule has 0 bridgehead atoms. The highest BCUT2D eigenvalue weighted by Crippen LogP contribution is 2.32. The first kappa shape index (κ1) is 21.2. The molecule has 1 aromatic heterocycles. The first-order valence-electron chi connectivity index (χ1n) is 8.32. The Kier molecular flexibility index (Phi) is 6.17. The van der Waals surface area contributed by atoms with Gasteiger partial charge in [-0.25, -0.2) is 9.18 Å². The molecule has 0 fully saturated rings. The van der Waals surface area contributed by atoms with Gasteiger partial charge in [0.2, 0.25) is 5.43 Å². The first-order chi connectivity index (χ1) is 13.7. The van der Waals surface area contributed by atoms with Gasteiger partial charge in [-0.1, -0.05) is 40.9 Å². The number of carboxylic acid groups (broad SMARTS) is 1. The Labute approximate surface area is 179 Å². The summed E-state index contributed by atoms with van der Waals surface area (Å²) in [6, 6.07) is 8.19. The minimum Gasteiger partial charge on any atom is -0.477 e. The SMILES string of the molecule is CCn1cc(Oc2ccc(Cl)cc2F)c(=O)c(C(=O)O)c1-c1ccc(Cl)c(Cl)c1. The Bertz CT molecular complexity index is 1180. The van der Waals surface area contributed by atoms with Gasteiger partial charge in [0.25, 0.3) is 0 Å². The Morgan fingerprint density at radius 1 is 1.10 bits per heavy atom. The highest BCUT2D eigenvalue weighted by Gasteiger charge is 2.24. The second-order valence-corrected chi connectivity index (χ2v) is 7.19. The Hall–Kier alpha value is -2.54. The van der Waals surface area contributed by atoms with Gasteiger partial charge in [-0.3, -0.25) is 4.79 Å². The van der Waals surface area contributed by atoms with Crippen LogP contribution in [0.25, 0.3) is 11.3 Å². The second-order valence-electron chi connectivity index (χ2n) is 5.94. The van der Waals surface area contributed by atoms with Crippen molar-refractivity contribution in [2.75, 3.05) is 0 Å². The molecule has 0 saturated carbocycles. The van der Waals surface area contributed by atoms with Crippen LogP contribution < -0.4 is 10.2 Å². The summed E-state index contributed by atoms with van der Waals surface area (Å²) in [5.74, 6) is -2.84. The summed E-state index contributed by atoms with van der Waals surface area (Å²) in [6.45, 7) is 2.05. The zero-order valence-corrected chi connectivity index (χ0v) is 17.1. The molecule has 3 aromatic rings. The quantitative estimate of drug-likeness (QED) is 0.502. The molecule has 1 heterocycles. The van der Waals surface area contributed by atoms with E-state index in [1.807, 2.05) is 0 Å². The number of nitrogens with zero attached hydrogens (tertiary/aromatic N) is 1. The number of rotatable bonds is 5. The lowest BCUT2D eigenvalue weighted by molar-refractivity contribution is 0.0695. The molecule has 0 saturated heterocycles. The molecule has 0 spiro atoms. The van der Waals surface area contributed by atoms with Crippen molar-refractivity contribution >= 4 is 40.8 Å². The monoisotopic (exact) mass is 455 g/mol. The van der Waals surface area contributed by atoms with Crippen LogP contribution in [0.3, 0.4) is 0 Å². The van der Waals surface area contributed by atoms with Gasteiger partial charge in [0, 0.05) is 17.1 Å². The third-order valence-electron chi connectivity index (χ3n) is 4.11. The number of aromatic nitrogens is 1. The van der Waals surface area contributed by atoms with Gasteiger partial charge in [-0.15, -0.1) is 0 Å². The van der Waals surface area contributed by atoms with Crippen LogP contribution in [0.2, 0.25) is 15.1 Å². The lowest BCUT2D eigenvalue weighted by atomic mass is 10.0. The highest BCUT2D eigenvalue weighted by atomic mass is 35.5. The molecule has 0 atom stereocenters. The molecule has 0 unspecified atom stereocenters. The molecule has 0 amide bonds. The molecule has 0 aliphatic heterocycles. The summed E-state index contributed by atoms with van der Waals surface area (Å²) in [7, 11) is 0. The van der Waals surface area contributed by atoms with E-state index in [0.29, 0.717) is 12.1 Å². The largest absolute Gasteiger partial charge is 0.477 e. The molecule has 9 heteroatoms. The number of carbonyl (C=O) groups is 1. The van der Waals surface area contributed by atoms with Gasteiger partial charge in [0.05, 0.1) is 21.9 Å². The van der Waals surface area contributed by atoms with E-state index >= 15 is 0 Å². The van der Waals surface area contributed by atoms with E-state index in [9.17, 15) is 19.1 Å². The molecule has 2 aromatic carbocycles. The topological polar surface area (TPSA) is 68.5 Å². The fourth-order valence-electron chi connectivity index (χ4n) is 2.79. The normalized spacial score (nSPS) is 10.8. The Morgan fingerprint density at radius 2 is 1.83 bits per heavy atom. The van der Waals surface area contributed by atoms with E-state index in [2.05, 4.69) is 0 Å². The summed E-state index contributed by atoms with van der Waals surface area (Å²) >= 11 is 17.7. The van der Waals surface area contributed by atoms with Crippen LogP contribution in [0.1, 0.15) is 17.3 Å². The van der Waals surface area contributed by atoms with Crippen molar-refractivity contribution in [1.82, 2.24) is 4.57 Å². The maximum absolute atomic E-state index is 14.1. The van der Waals surface area contributed by atoms with Gasteiger partial charge < -0.3 is 14.4 Å². The van der Waals surface area contributed by atoms with Gasteiger partial charge in [-0.2, -0.15) is 0 Å². The third kappa shape index (κ3) is 4.24. The second kappa shape index (κ2) is 8.45. The molecule has 150 valence electrons. The number of benzene rings is 2. The molecular formula is C20H13Cl3FNO4. The maximum Gasteiger partial charge on any atom is 0.342 e. The van der Waals surface area contributed by atoms with Crippen molar-refractivity contribution in [3.8, 4) is 22.8 Å². The van der Waals surface area contributed by atoms with Crippen LogP contribution in [-0.2, 0) is 6.54 Å². The Morgan fingerprint density at radius 3 is 2.41 bits per heavy atom. The summed E-state index contributed by atoms with van der Waals surface area (Å²) in [5, 5.41) is 10.4. The predicted molar refractivity (Wildman–Crippen MR) is 110 cm³/mol. The average molecular weight is 457 g/mol. The van der Waals surface area contributed by atoms with E-state index in [4.69, 9.17) is 39.5 Å². The van der Waals surface area contributed by atoms with Crippen molar-refractivity contribution in [1.29, 1.82) is 0 Å². The van der Waals surface area contributed by atoms with Crippen molar-refractivity contribution in [2.24, 2.45) is 0 Å². The van der Waals surface area contributed by atoms with Crippen LogP contribution in [0.5, 0.6) is 11.5 Å². The van der Waals surface area contributed by atoms with Crippen LogP contribution in [-0.4, -0.2) is 15.6 Å². The highest BCUT2D eigenvalue weighted by molar-refractivity contribution is 6.42. The van der Waals surface area contributed by atoms with E-state index in [1.165, 1.54) is 35.0 Å². The molecule has 0 aliphatic rings. The zero-order valence-electron chi connectivity index (χ0n) is 14.9. The van der Waals surface area contributed by atoms with Gasteiger partial charge in [-0.05, 0) is 37.3 Å². The number of hydrogen-bond donors (Lipinski definition) is 1. The van der Waals surface area contributed by atoms with E-state index < -0.39 is 22.8 Å². The lowest BCUT2D eigenvalue weighted by Crippen LogP contribution is -2.22. The standard InChI is InChI=1S/C20H13Cl3FNO4/c1-2-25-9-16(29-15-6-4-11(21)8-14(15)24)19(26)17(20(27)28)18(25)10-3-5-12(22)13(23)7-10/h3-9H,2H2,1H3,(H,27,28). The van der Waals surface area contributed by atoms with E-state index in [1.54, 1.807) is 13.0 Å². The number of hydrogen-bond acceptors (Lipinski definition) is 3. The van der Waals surface area contributed by atoms with Crippen molar-refractivity contribution < 1.29 is 19.0 Å². The van der Waals surface area contributed by atoms with Crippen LogP contribution >= 0.6 is 34.8 Å². The summed E-state index contributed by atoms with van der Waals surface area (Å²) in [4.78, 5) is 24.8. The third-order valence-corrected chi connectivity index (χ3v) is 5.08. The molecule has 0 aliphatic carbocycles. The molecule has 29 heavy (non-hydrogen) atoms.